The van der Waals surface area contributed by atoms with Gasteiger partial charge in [0, 0.05) is 11.1 Å². The smallest absolute Gasteiger partial charge is 0.315 e. The maximum atomic E-state index is 12.9. The minimum absolute atomic E-state index is 0.0957. The van der Waals surface area contributed by atoms with Crippen LogP contribution in [0.2, 0.25) is 0 Å². The van der Waals surface area contributed by atoms with Crippen LogP contribution in [0.15, 0.2) is 60.7 Å². The number of hydrogen-bond donors (Lipinski definition) is 2. The van der Waals surface area contributed by atoms with Gasteiger partial charge in [-0.05, 0) is 81.9 Å². The molecular weight excluding hydrogens is 420 g/mol. The lowest BCUT2D eigenvalue weighted by Gasteiger charge is -2.47. The lowest BCUT2D eigenvalue weighted by atomic mass is 9.63. The summed E-state index contributed by atoms with van der Waals surface area (Å²) in [5, 5.41) is 11.2. The Kier molecular flexibility index (Phi) is 6.20. The molecule has 1 aromatic heterocycles. The number of urea groups is 1. The summed E-state index contributed by atoms with van der Waals surface area (Å²) in [7, 11) is 0. The zero-order valence-electron chi connectivity index (χ0n) is 20.6. The number of nitrogens with one attached hydrogen (secondary N) is 2. The molecule has 0 spiro atoms. The standard InChI is InChI=1S/C29H36N4O/c1-20-9-11-26(12-10-20)33-27(24-7-5-4-6-8-24)16-25(32-33)19-30-28(34)31-29(3)17-22-13-21(2)14-23(15-22)18-29/h4-12,16,21-23H,13-15,17-19H2,1-3H3,(H2,30,31,34). The summed E-state index contributed by atoms with van der Waals surface area (Å²) in [6.07, 6.45) is 6.10. The molecule has 0 radical (unpaired) electrons. The highest BCUT2D eigenvalue weighted by atomic mass is 16.2. The minimum atomic E-state index is -0.117. The van der Waals surface area contributed by atoms with Crippen LogP contribution in [0.1, 0.15) is 57.2 Å². The molecule has 3 aromatic rings. The summed E-state index contributed by atoms with van der Waals surface area (Å²) in [6.45, 7) is 7.08. The van der Waals surface area contributed by atoms with Crippen LogP contribution in [0, 0.1) is 24.7 Å². The number of carbonyl (C=O) groups is 1. The van der Waals surface area contributed by atoms with Gasteiger partial charge in [0.1, 0.15) is 0 Å². The van der Waals surface area contributed by atoms with Crippen molar-refractivity contribution in [2.75, 3.05) is 0 Å². The molecular formula is C29H36N4O. The second-order valence-corrected chi connectivity index (χ2v) is 11.0. The fourth-order valence-electron chi connectivity index (χ4n) is 6.39. The van der Waals surface area contributed by atoms with Gasteiger partial charge >= 0.3 is 6.03 Å². The van der Waals surface area contributed by atoms with E-state index in [4.69, 9.17) is 5.10 Å². The van der Waals surface area contributed by atoms with E-state index in [1.54, 1.807) is 0 Å². The van der Waals surface area contributed by atoms with Crippen molar-refractivity contribution in [3.8, 4) is 16.9 Å². The SMILES string of the molecule is Cc1ccc(-n2nc(CNC(=O)NC3(C)CC4CC(C)CC(C4)C3)cc2-c2ccccc2)cc1. The number of aryl methyl sites for hydroxylation is 1. The Labute approximate surface area is 203 Å². The second-order valence-electron chi connectivity index (χ2n) is 11.0. The summed E-state index contributed by atoms with van der Waals surface area (Å²) < 4.78 is 1.97. The number of nitrogens with zero attached hydrogens (tertiary/aromatic N) is 2. The Morgan fingerprint density at radius 3 is 2.38 bits per heavy atom. The molecule has 2 fully saturated rings. The van der Waals surface area contributed by atoms with Crippen LogP contribution in [0.25, 0.3) is 16.9 Å². The lowest BCUT2D eigenvalue weighted by Crippen LogP contribution is -2.55. The van der Waals surface area contributed by atoms with Crippen molar-refractivity contribution in [1.29, 1.82) is 0 Å². The molecule has 2 aromatic carbocycles. The Morgan fingerprint density at radius 2 is 1.71 bits per heavy atom. The van der Waals surface area contributed by atoms with Gasteiger partial charge in [0.15, 0.2) is 0 Å². The van der Waals surface area contributed by atoms with Crippen LogP contribution in [0.5, 0.6) is 0 Å². The van der Waals surface area contributed by atoms with E-state index in [1.165, 1.54) is 24.8 Å². The number of hydrogen-bond acceptors (Lipinski definition) is 2. The van der Waals surface area contributed by atoms with Gasteiger partial charge in [-0.1, -0.05) is 55.0 Å². The van der Waals surface area contributed by atoms with Crippen molar-refractivity contribution in [3.63, 3.8) is 0 Å². The molecule has 34 heavy (non-hydrogen) atoms. The quantitative estimate of drug-likeness (QED) is 0.477. The van der Waals surface area contributed by atoms with Gasteiger partial charge in [-0.2, -0.15) is 5.10 Å². The third-order valence-corrected chi connectivity index (χ3v) is 7.57. The van der Waals surface area contributed by atoms with E-state index in [2.05, 4.69) is 73.9 Å². The van der Waals surface area contributed by atoms with Crippen molar-refractivity contribution < 1.29 is 4.79 Å². The fourth-order valence-corrected chi connectivity index (χ4v) is 6.39. The molecule has 5 heteroatoms. The Bertz CT molecular complexity index is 1120. The maximum absolute atomic E-state index is 12.9. The average Bonchev–Trinajstić information content (AvgIpc) is 3.22. The third-order valence-electron chi connectivity index (χ3n) is 7.57. The first-order valence-corrected chi connectivity index (χ1v) is 12.6. The van der Waals surface area contributed by atoms with Crippen molar-refractivity contribution in [3.05, 3.63) is 71.9 Å². The number of benzene rings is 2. The van der Waals surface area contributed by atoms with Gasteiger partial charge in [-0.15, -0.1) is 0 Å². The molecule has 1 heterocycles. The monoisotopic (exact) mass is 456 g/mol. The number of rotatable bonds is 5. The number of fused-ring (bicyclic) bond motifs is 2. The summed E-state index contributed by atoms with van der Waals surface area (Å²) in [4.78, 5) is 12.9. The van der Waals surface area contributed by atoms with Crippen molar-refractivity contribution in [2.24, 2.45) is 17.8 Å². The number of amides is 2. The Hall–Kier alpha value is -3.08. The molecule has 2 atom stereocenters. The second kappa shape index (κ2) is 9.28. The first-order valence-electron chi connectivity index (χ1n) is 12.6. The zero-order valence-corrected chi connectivity index (χ0v) is 20.6. The van der Waals surface area contributed by atoms with Crippen LogP contribution in [-0.2, 0) is 6.54 Å². The first-order chi connectivity index (χ1) is 16.4. The summed E-state index contributed by atoms with van der Waals surface area (Å²) in [5.41, 5.74) is 5.06. The zero-order chi connectivity index (χ0) is 23.7. The van der Waals surface area contributed by atoms with Crippen LogP contribution in [0.3, 0.4) is 0 Å². The van der Waals surface area contributed by atoms with E-state index >= 15 is 0 Å². The molecule has 2 aliphatic rings. The minimum Gasteiger partial charge on any atom is -0.333 e. The van der Waals surface area contributed by atoms with Crippen molar-refractivity contribution in [2.45, 2.75) is 65.0 Å². The molecule has 2 amide bonds. The van der Waals surface area contributed by atoms with Crippen molar-refractivity contribution >= 4 is 6.03 Å². The van der Waals surface area contributed by atoms with E-state index in [0.29, 0.717) is 6.54 Å². The summed E-state index contributed by atoms with van der Waals surface area (Å²) in [5.74, 6) is 2.31. The largest absolute Gasteiger partial charge is 0.333 e. The number of aromatic nitrogens is 2. The fraction of sp³-hybridized carbons (Fsp3) is 0.448. The predicted molar refractivity (Wildman–Crippen MR) is 137 cm³/mol. The molecule has 2 saturated carbocycles. The van der Waals surface area contributed by atoms with Gasteiger partial charge in [0.25, 0.3) is 0 Å². The first kappa shape index (κ1) is 22.7. The van der Waals surface area contributed by atoms with Gasteiger partial charge in [0.2, 0.25) is 0 Å². The molecule has 5 rings (SSSR count). The maximum Gasteiger partial charge on any atom is 0.315 e. The third kappa shape index (κ3) is 5.03. The van der Waals surface area contributed by atoms with E-state index in [0.717, 1.165) is 53.2 Å². The van der Waals surface area contributed by atoms with E-state index in [-0.39, 0.29) is 11.6 Å². The number of carbonyl (C=O) groups excluding carboxylic acids is 1. The van der Waals surface area contributed by atoms with E-state index in [1.807, 2.05) is 22.9 Å². The molecule has 178 valence electrons. The van der Waals surface area contributed by atoms with Gasteiger partial charge in [-0.25, -0.2) is 9.48 Å². The highest BCUT2D eigenvalue weighted by molar-refractivity contribution is 5.75. The lowest BCUT2D eigenvalue weighted by molar-refractivity contribution is 0.0783. The molecule has 2 N–H and O–H groups in total. The predicted octanol–water partition coefficient (Wildman–Crippen LogP) is 6.25. The Balaban J connectivity index is 1.29. The Morgan fingerprint density at radius 1 is 1.03 bits per heavy atom. The normalized spacial score (nSPS) is 26.1. The highest BCUT2D eigenvalue weighted by Crippen LogP contribution is 2.46. The van der Waals surface area contributed by atoms with Gasteiger partial charge < -0.3 is 10.6 Å². The highest BCUT2D eigenvalue weighted by Gasteiger charge is 2.41. The molecule has 2 unspecified atom stereocenters. The molecule has 0 aliphatic heterocycles. The van der Waals surface area contributed by atoms with Crippen LogP contribution >= 0.6 is 0 Å². The van der Waals surface area contributed by atoms with Gasteiger partial charge in [0.05, 0.1) is 23.6 Å². The summed E-state index contributed by atoms with van der Waals surface area (Å²) >= 11 is 0. The summed E-state index contributed by atoms with van der Waals surface area (Å²) in [6, 6.07) is 20.6. The van der Waals surface area contributed by atoms with Crippen LogP contribution in [0.4, 0.5) is 4.79 Å². The van der Waals surface area contributed by atoms with Crippen LogP contribution in [-0.4, -0.2) is 21.4 Å². The van der Waals surface area contributed by atoms with E-state index in [9.17, 15) is 4.79 Å². The molecule has 2 bridgehead atoms. The van der Waals surface area contributed by atoms with Crippen LogP contribution < -0.4 is 10.6 Å². The van der Waals surface area contributed by atoms with Gasteiger partial charge in [-0.3, -0.25) is 0 Å². The molecule has 0 saturated heterocycles. The van der Waals surface area contributed by atoms with Crippen molar-refractivity contribution in [1.82, 2.24) is 20.4 Å². The average molecular weight is 457 g/mol. The molecule has 2 aliphatic carbocycles. The molecule has 5 nitrogen and oxygen atoms in total. The topological polar surface area (TPSA) is 59.0 Å². The van der Waals surface area contributed by atoms with E-state index < -0.39 is 0 Å².